The Morgan fingerprint density at radius 3 is 2.77 bits per heavy atom. The lowest BCUT2D eigenvalue weighted by Gasteiger charge is -2.11. The Morgan fingerprint density at radius 1 is 1.62 bits per heavy atom. The lowest BCUT2D eigenvalue weighted by Crippen LogP contribution is -2.37. The van der Waals surface area contributed by atoms with Gasteiger partial charge in [0.2, 0.25) is 5.91 Å². The second-order valence-corrected chi connectivity index (χ2v) is 3.39. The molecule has 2 N–H and O–H groups in total. The van der Waals surface area contributed by atoms with Gasteiger partial charge in [-0.1, -0.05) is 0 Å². The maximum Gasteiger partial charge on any atom is 0.312 e. The van der Waals surface area contributed by atoms with Crippen molar-refractivity contribution in [2.45, 2.75) is 18.9 Å². The Morgan fingerprint density at radius 2 is 2.31 bits per heavy atom. The molecule has 1 fully saturated rings. The molecular weight excluding hydrogens is 172 g/mol. The first-order valence-electron chi connectivity index (χ1n) is 4.27. The number of carbonyl (C=O) groups excluding carboxylic acids is 1. The van der Waals surface area contributed by atoms with Crippen molar-refractivity contribution < 1.29 is 14.7 Å². The molecule has 1 rings (SSSR count). The first-order chi connectivity index (χ1) is 6.08. The molecule has 13 heavy (non-hydrogen) atoms. The molecular formula is C8H14N2O3. The second-order valence-electron chi connectivity index (χ2n) is 3.39. The molecule has 5 nitrogen and oxygen atoms in total. The molecule has 0 radical (unpaired) electrons. The van der Waals surface area contributed by atoms with Gasteiger partial charge in [0.25, 0.3) is 0 Å². The lowest BCUT2D eigenvalue weighted by molar-refractivity contribution is -0.140. The molecule has 0 aromatic heterocycles. The van der Waals surface area contributed by atoms with E-state index in [1.807, 2.05) is 7.05 Å². The number of likely N-dealkylation sites (tertiary alicyclic amines) is 1. The fourth-order valence-electron chi connectivity index (χ4n) is 1.47. The van der Waals surface area contributed by atoms with E-state index in [1.54, 1.807) is 0 Å². The average molecular weight is 186 g/mol. The Balaban J connectivity index is 2.24. The van der Waals surface area contributed by atoms with Crippen molar-refractivity contribution in [3.05, 3.63) is 0 Å². The SMILES string of the molecule is CN1CCC(NC(=O)CC(=O)O)C1. The third-order valence-corrected chi connectivity index (χ3v) is 2.07. The van der Waals surface area contributed by atoms with Crippen LogP contribution in [0.15, 0.2) is 0 Å². The van der Waals surface area contributed by atoms with Crippen molar-refractivity contribution in [1.82, 2.24) is 10.2 Å². The third-order valence-electron chi connectivity index (χ3n) is 2.07. The molecule has 1 aliphatic heterocycles. The summed E-state index contributed by atoms with van der Waals surface area (Å²) in [5.74, 6) is -1.48. The van der Waals surface area contributed by atoms with Gasteiger partial charge in [0.15, 0.2) is 0 Å². The number of carboxylic acids is 1. The zero-order valence-corrected chi connectivity index (χ0v) is 7.62. The minimum atomic E-state index is -1.08. The molecule has 0 aromatic rings. The highest BCUT2D eigenvalue weighted by molar-refractivity contribution is 5.93. The van der Waals surface area contributed by atoms with E-state index in [0.717, 1.165) is 19.5 Å². The number of carboxylic acid groups (broad SMARTS) is 1. The molecule has 1 atom stereocenters. The first-order valence-corrected chi connectivity index (χ1v) is 4.27. The number of rotatable bonds is 3. The number of amides is 1. The van der Waals surface area contributed by atoms with Crippen molar-refractivity contribution in [2.24, 2.45) is 0 Å². The van der Waals surface area contributed by atoms with E-state index in [4.69, 9.17) is 5.11 Å². The normalized spacial score (nSPS) is 23.0. The molecule has 0 spiro atoms. The molecule has 5 heteroatoms. The summed E-state index contributed by atoms with van der Waals surface area (Å²) in [6.07, 6.45) is 0.474. The summed E-state index contributed by atoms with van der Waals surface area (Å²) in [5.41, 5.74) is 0. The molecule has 0 bridgehead atoms. The van der Waals surface area contributed by atoms with Gasteiger partial charge in [-0.05, 0) is 20.0 Å². The van der Waals surface area contributed by atoms with Gasteiger partial charge >= 0.3 is 5.97 Å². The highest BCUT2D eigenvalue weighted by atomic mass is 16.4. The molecule has 1 unspecified atom stereocenters. The maximum absolute atomic E-state index is 11.0. The largest absolute Gasteiger partial charge is 0.481 e. The molecule has 0 aromatic carbocycles. The molecule has 0 aliphatic carbocycles. The maximum atomic E-state index is 11.0. The van der Waals surface area contributed by atoms with Crippen LogP contribution < -0.4 is 5.32 Å². The summed E-state index contributed by atoms with van der Waals surface area (Å²) >= 11 is 0. The van der Waals surface area contributed by atoms with Crippen molar-refractivity contribution in [1.29, 1.82) is 0 Å². The van der Waals surface area contributed by atoms with Gasteiger partial charge in [-0.3, -0.25) is 9.59 Å². The fourth-order valence-corrected chi connectivity index (χ4v) is 1.47. The Hall–Kier alpha value is -1.10. The predicted octanol–water partition coefficient (Wildman–Crippen LogP) is -0.719. The van der Waals surface area contributed by atoms with Gasteiger partial charge in [0.05, 0.1) is 0 Å². The second kappa shape index (κ2) is 4.23. The number of hydrogen-bond acceptors (Lipinski definition) is 3. The van der Waals surface area contributed by atoms with E-state index in [1.165, 1.54) is 0 Å². The van der Waals surface area contributed by atoms with Crippen molar-refractivity contribution in [2.75, 3.05) is 20.1 Å². The molecule has 74 valence electrons. The predicted molar refractivity (Wildman–Crippen MR) is 46.3 cm³/mol. The standard InChI is InChI=1S/C8H14N2O3/c1-10-3-2-6(5-10)9-7(11)4-8(12)13/h6H,2-5H2,1H3,(H,9,11)(H,12,13). The fraction of sp³-hybridized carbons (Fsp3) is 0.750. The molecule has 1 amide bonds. The summed E-state index contributed by atoms with van der Waals surface area (Å²) in [7, 11) is 1.98. The van der Waals surface area contributed by atoms with Gasteiger partial charge in [-0.25, -0.2) is 0 Å². The van der Waals surface area contributed by atoms with Crippen LogP contribution in [0, 0.1) is 0 Å². The number of aliphatic carboxylic acids is 1. The van der Waals surface area contributed by atoms with E-state index < -0.39 is 18.3 Å². The van der Waals surface area contributed by atoms with Gasteiger partial charge in [-0.2, -0.15) is 0 Å². The van der Waals surface area contributed by atoms with Crippen LogP contribution in [0.2, 0.25) is 0 Å². The van der Waals surface area contributed by atoms with E-state index in [-0.39, 0.29) is 6.04 Å². The van der Waals surface area contributed by atoms with Crippen molar-refractivity contribution in [3.8, 4) is 0 Å². The van der Waals surface area contributed by atoms with Crippen LogP contribution in [0.25, 0.3) is 0 Å². The van der Waals surface area contributed by atoms with E-state index in [9.17, 15) is 9.59 Å². The van der Waals surface area contributed by atoms with Crippen LogP contribution in [0.5, 0.6) is 0 Å². The van der Waals surface area contributed by atoms with Crippen LogP contribution in [0.3, 0.4) is 0 Å². The molecule has 1 saturated heterocycles. The highest BCUT2D eigenvalue weighted by Crippen LogP contribution is 2.05. The van der Waals surface area contributed by atoms with Gasteiger partial charge in [0, 0.05) is 12.6 Å². The monoisotopic (exact) mass is 186 g/mol. The van der Waals surface area contributed by atoms with Crippen LogP contribution in [0.4, 0.5) is 0 Å². The Bertz CT molecular complexity index is 217. The van der Waals surface area contributed by atoms with Gasteiger partial charge in [-0.15, -0.1) is 0 Å². The van der Waals surface area contributed by atoms with Crippen LogP contribution >= 0.6 is 0 Å². The van der Waals surface area contributed by atoms with E-state index >= 15 is 0 Å². The lowest BCUT2D eigenvalue weighted by atomic mass is 10.2. The van der Waals surface area contributed by atoms with Crippen LogP contribution in [0.1, 0.15) is 12.8 Å². The number of nitrogens with zero attached hydrogens (tertiary/aromatic N) is 1. The molecule has 1 heterocycles. The quantitative estimate of drug-likeness (QED) is 0.571. The summed E-state index contributed by atoms with van der Waals surface area (Å²) in [4.78, 5) is 23.3. The van der Waals surface area contributed by atoms with E-state index in [0.29, 0.717) is 0 Å². The third kappa shape index (κ3) is 3.42. The Kier molecular flexibility index (Phi) is 3.25. The summed E-state index contributed by atoms with van der Waals surface area (Å²) in [6, 6.07) is 0.122. The van der Waals surface area contributed by atoms with E-state index in [2.05, 4.69) is 10.2 Å². The van der Waals surface area contributed by atoms with Gasteiger partial charge in [0.1, 0.15) is 6.42 Å². The number of hydrogen-bond donors (Lipinski definition) is 2. The smallest absolute Gasteiger partial charge is 0.312 e. The van der Waals surface area contributed by atoms with Crippen LogP contribution in [-0.4, -0.2) is 48.1 Å². The molecule has 1 aliphatic rings. The topological polar surface area (TPSA) is 69.6 Å². The van der Waals surface area contributed by atoms with Gasteiger partial charge < -0.3 is 15.3 Å². The minimum absolute atomic E-state index is 0.122. The average Bonchev–Trinajstić information content (AvgIpc) is 2.33. The van der Waals surface area contributed by atoms with Crippen LogP contribution in [-0.2, 0) is 9.59 Å². The number of carbonyl (C=O) groups is 2. The summed E-state index contributed by atoms with van der Waals surface area (Å²) < 4.78 is 0. The number of nitrogens with one attached hydrogen (secondary N) is 1. The zero-order valence-electron chi connectivity index (χ0n) is 7.62. The highest BCUT2D eigenvalue weighted by Gasteiger charge is 2.21. The molecule has 0 saturated carbocycles. The number of likely N-dealkylation sites (N-methyl/N-ethyl adjacent to an activating group) is 1. The van der Waals surface area contributed by atoms with Crippen molar-refractivity contribution >= 4 is 11.9 Å². The van der Waals surface area contributed by atoms with Crippen molar-refractivity contribution in [3.63, 3.8) is 0 Å². The zero-order chi connectivity index (χ0) is 9.84. The summed E-state index contributed by atoms with van der Waals surface area (Å²) in [5, 5.41) is 11.0. The first kappa shape index (κ1) is 9.98. The minimum Gasteiger partial charge on any atom is -0.481 e. The summed E-state index contributed by atoms with van der Waals surface area (Å²) in [6.45, 7) is 1.77. The Labute approximate surface area is 76.7 Å².